The molecule has 2 aromatic carbocycles. The van der Waals surface area contributed by atoms with Gasteiger partial charge in [0.25, 0.3) is 5.91 Å². The van der Waals surface area contributed by atoms with Crippen LogP contribution in [0.2, 0.25) is 0 Å². The number of nitrogens with zero attached hydrogens (tertiary/aromatic N) is 2. The summed E-state index contributed by atoms with van der Waals surface area (Å²) in [6, 6.07) is 10.6. The molecule has 0 saturated carbocycles. The maximum atomic E-state index is 13.4. The van der Waals surface area contributed by atoms with E-state index < -0.39 is 10.0 Å². The highest BCUT2D eigenvalue weighted by molar-refractivity contribution is 7.89. The molecular formula is C24H30N2O6S. The van der Waals surface area contributed by atoms with Crippen LogP contribution in [-0.4, -0.2) is 69.6 Å². The van der Waals surface area contributed by atoms with Crippen molar-refractivity contribution in [1.82, 2.24) is 9.21 Å². The van der Waals surface area contributed by atoms with Crippen molar-refractivity contribution in [1.29, 1.82) is 0 Å². The van der Waals surface area contributed by atoms with Crippen LogP contribution in [0.4, 0.5) is 0 Å². The van der Waals surface area contributed by atoms with Gasteiger partial charge in [-0.05, 0) is 48.7 Å². The number of fused-ring (bicyclic) bond motifs is 1. The number of morpholine rings is 1. The zero-order valence-electron chi connectivity index (χ0n) is 19.1. The third-order valence-electron chi connectivity index (χ3n) is 5.93. The van der Waals surface area contributed by atoms with Gasteiger partial charge in [0.05, 0.1) is 18.1 Å². The molecule has 9 heteroatoms. The van der Waals surface area contributed by atoms with E-state index in [0.29, 0.717) is 81.7 Å². The minimum Gasteiger partial charge on any atom is -0.486 e. The Morgan fingerprint density at radius 2 is 1.70 bits per heavy atom. The van der Waals surface area contributed by atoms with E-state index in [1.165, 1.54) is 10.4 Å². The van der Waals surface area contributed by atoms with Crippen LogP contribution >= 0.6 is 0 Å². The van der Waals surface area contributed by atoms with Crippen molar-refractivity contribution in [3.63, 3.8) is 0 Å². The molecule has 0 atom stereocenters. The Bertz CT molecular complexity index is 1110. The quantitative estimate of drug-likeness (QED) is 0.614. The number of sulfonamides is 1. The summed E-state index contributed by atoms with van der Waals surface area (Å²) >= 11 is 0. The number of benzene rings is 2. The summed E-state index contributed by atoms with van der Waals surface area (Å²) in [5.74, 6) is 1.16. The molecule has 0 aliphatic carbocycles. The molecule has 8 nitrogen and oxygen atoms in total. The van der Waals surface area contributed by atoms with Crippen LogP contribution in [0.3, 0.4) is 0 Å². The van der Waals surface area contributed by atoms with Crippen LogP contribution in [0.5, 0.6) is 11.5 Å². The van der Waals surface area contributed by atoms with E-state index in [9.17, 15) is 13.2 Å². The van der Waals surface area contributed by atoms with Gasteiger partial charge < -0.3 is 19.1 Å². The van der Waals surface area contributed by atoms with E-state index in [-0.39, 0.29) is 10.8 Å². The molecule has 1 fully saturated rings. The van der Waals surface area contributed by atoms with Gasteiger partial charge in [-0.2, -0.15) is 4.31 Å². The molecule has 4 rings (SSSR count). The smallest absolute Gasteiger partial charge is 0.254 e. The van der Waals surface area contributed by atoms with Crippen LogP contribution in [0, 0.1) is 0 Å². The number of amides is 1. The maximum Gasteiger partial charge on any atom is 0.254 e. The normalized spacial score (nSPS) is 16.4. The third-order valence-corrected chi connectivity index (χ3v) is 7.91. The van der Waals surface area contributed by atoms with Crippen molar-refractivity contribution in [2.75, 3.05) is 46.1 Å². The highest BCUT2D eigenvalue weighted by atomic mass is 32.2. The van der Waals surface area contributed by atoms with Crippen LogP contribution in [0.15, 0.2) is 41.3 Å². The molecule has 1 saturated heterocycles. The second-order valence-electron chi connectivity index (χ2n) is 7.99. The van der Waals surface area contributed by atoms with Gasteiger partial charge in [0.15, 0.2) is 11.5 Å². The summed E-state index contributed by atoms with van der Waals surface area (Å²) in [5, 5.41) is 0. The molecule has 0 unspecified atom stereocenters. The third kappa shape index (κ3) is 5.00. The van der Waals surface area contributed by atoms with Gasteiger partial charge in [-0.1, -0.05) is 19.1 Å². The van der Waals surface area contributed by atoms with E-state index in [2.05, 4.69) is 0 Å². The molecule has 1 amide bonds. The molecule has 2 heterocycles. The molecule has 0 spiro atoms. The van der Waals surface area contributed by atoms with Gasteiger partial charge >= 0.3 is 0 Å². The fourth-order valence-electron chi connectivity index (χ4n) is 4.06. The van der Waals surface area contributed by atoms with E-state index in [0.717, 1.165) is 5.56 Å². The molecule has 2 aliphatic heterocycles. The Hall–Kier alpha value is -2.62. The summed E-state index contributed by atoms with van der Waals surface area (Å²) < 4.78 is 44.6. The fraction of sp³-hybridized carbons (Fsp3) is 0.458. The molecule has 0 radical (unpaired) electrons. The van der Waals surface area contributed by atoms with Crippen LogP contribution in [0.1, 0.15) is 35.3 Å². The standard InChI is InChI=1S/C24H30N2O6S/c1-3-19-6-7-20(16-23(19)33(28,29)26-9-11-30-12-10-26)24(27)25(4-2)17-18-5-8-21-22(15-18)32-14-13-31-21/h5-8,15-16H,3-4,9-14,17H2,1-2H3. The highest BCUT2D eigenvalue weighted by Gasteiger charge is 2.29. The second-order valence-corrected chi connectivity index (χ2v) is 9.90. The number of carbonyl (C=O) groups excluding carboxylic acids is 1. The van der Waals surface area contributed by atoms with Gasteiger partial charge in [-0.25, -0.2) is 8.42 Å². The van der Waals surface area contributed by atoms with Crippen LogP contribution < -0.4 is 9.47 Å². The van der Waals surface area contributed by atoms with E-state index in [1.54, 1.807) is 17.0 Å². The average molecular weight is 475 g/mol. The summed E-state index contributed by atoms with van der Waals surface area (Å²) in [6.07, 6.45) is 0.558. The van der Waals surface area contributed by atoms with Crippen molar-refractivity contribution in [2.24, 2.45) is 0 Å². The monoisotopic (exact) mass is 474 g/mol. The van der Waals surface area contributed by atoms with E-state index >= 15 is 0 Å². The first-order valence-corrected chi connectivity index (χ1v) is 12.8. The first-order valence-electron chi connectivity index (χ1n) is 11.3. The van der Waals surface area contributed by atoms with Crippen molar-refractivity contribution in [2.45, 2.75) is 31.7 Å². The number of ether oxygens (including phenoxy) is 3. The topological polar surface area (TPSA) is 85.4 Å². The number of hydrogen-bond donors (Lipinski definition) is 0. The number of hydrogen-bond acceptors (Lipinski definition) is 6. The van der Waals surface area contributed by atoms with Gasteiger partial charge in [0.1, 0.15) is 13.2 Å². The summed E-state index contributed by atoms with van der Waals surface area (Å²) in [5.41, 5.74) is 1.98. The Morgan fingerprint density at radius 1 is 0.970 bits per heavy atom. The number of carbonyl (C=O) groups is 1. The summed E-state index contributed by atoms with van der Waals surface area (Å²) in [6.45, 7) is 7.07. The minimum absolute atomic E-state index is 0.202. The molecule has 178 valence electrons. The highest BCUT2D eigenvalue weighted by Crippen LogP contribution is 2.31. The van der Waals surface area contributed by atoms with E-state index in [1.807, 2.05) is 32.0 Å². The molecular weight excluding hydrogens is 444 g/mol. The lowest BCUT2D eigenvalue weighted by molar-refractivity contribution is 0.0729. The van der Waals surface area contributed by atoms with Gasteiger partial charge in [0.2, 0.25) is 10.0 Å². The van der Waals surface area contributed by atoms with Gasteiger partial charge in [0, 0.05) is 31.7 Å². The van der Waals surface area contributed by atoms with Crippen molar-refractivity contribution in [3.05, 3.63) is 53.1 Å². The molecule has 2 aliphatic rings. The Kier molecular flexibility index (Phi) is 7.21. The predicted molar refractivity (Wildman–Crippen MR) is 123 cm³/mol. The SMILES string of the molecule is CCc1ccc(C(=O)N(CC)Cc2ccc3c(c2)OCCO3)cc1S(=O)(=O)N1CCOCC1. The summed E-state index contributed by atoms with van der Waals surface area (Å²) in [4.78, 5) is 15.3. The maximum absolute atomic E-state index is 13.4. The lowest BCUT2D eigenvalue weighted by Gasteiger charge is -2.27. The zero-order chi connectivity index (χ0) is 23.4. The van der Waals surface area contributed by atoms with Gasteiger partial charge in [-0.15, -0.1) is 0 Å². The van der Waals surface area contributed by atoms with Crippen LogP contribution in [-0.2, 0) is 27.7 Å². The number of rotatable bonds is 7. The molecule has 0 N–H and O–H groups in total. The van der Waals surface area contributed by atoms with Gasteiger partial charge in [-0.3, -0.25) is 4.79 Å². The first kappa shape index (κ1) is 23.5. The lowest BCUT2D eigenvalue weighted by Crippen LogP contribution is -2.41. The molecule has 0 aromatic heterocycles. The molecule has 2 aromatic rings. The van der Waals surface area contributed by atoms with Crippen molar-refractivity contribution in [3.8, 4) is 11.5 Å². The first-order chi connectivity index (χ1) is 15.9. The molecule has 33 heavy (non-hydrogen) atoms. The largest absolute Gasteiger partial charge is 0.486 e. The van der Waals surface area contributed by atoms with Crippen molar-refractivity contribution < 1.29 is 27.4 Å². The Balaban J connectivity index is 1.59. The Labute approximate surface area is 195 Å². The Morgan fingerprint density at radius 3 is 2.39 bits per heavy atom. The molecule has 0 bridgehead atoms. The van der Waals surface area contributed by atoms with E-state index in [4.69, 9.17) is 14.2 Å². The lowest BCUT2D eigenvalue weighted by atomic mass is 10.1. The van der Waals surface area contributed by atoms with Crippen molar-refractivity contribution >= 4 is 15.9 Å². The second kappa shape index (κ2) is 10.1. The van der Waals surface area contributed by atoms with Crippen LogP contribution in [0.25, 0.3) is 0 Å². The average Bonchev–Trinajstić information content (AvgIpc) is 2.86. The minimum atomic E-state index is -3.71. The summed E-state index contributed by atoms with van der Waals surface area (Å²) in [7, 11) is -3.71. The predicted octanol–water partition coefficient (Wildman–Crippen LogP) is 2.70. The number of aryl methyl sites for hydroxylation is 1. The zero-order valence-corrected chi connectivity index (χ0v) is 19.9. The fourth-order valence-corrected chi connectivity index (χ4v) is 5.79.